The van der Waals surface area contributed by atoms with Gasteiger partial charge in [0, 0.05) is 5.25 Å². The maximum absolute atomic E-state index is 10.8. The van der Waals surface area contributed by atoms with E-state index in [2.05, 4.69) is 0 Å². The fraction of sp³-hybridized carbons (Fsp3) is 0.800. The standard InChI is InChI=1S/C10H16O4S/c11-9(12)6-8(10(13)14)15-7-4-2-1-3-5-7/h7-8H,1-6H2,(H,11,12)(H,13,14)/t8-/m1/s1. The van der Waals surface area contributed by atoms with Crippen LogP contribution in [0.15, 0.2) is 0 Å². The number of carboxylic acids is 2. The van der Waals surface area contributed by atoms with E-state index in [0.29, 0.717) is 5.25 Å². The smallest absolute Gasteiger partial charge is 0.317 e. The molecule has 0 aromatic carbocycles. The molecule has 2 N–H and O–H groups in total. The molecule has 0 aliphatic heterocycles. The number of hydrogen-bond acceptors (Lipinski definition) is 3. The number of rotatable bonds is 5. The van der Waals surface area contributed by atoms with Crippen LogP contribution in [-0.2, 0) is 9.59 Å². The molecule has 1 aliphatic carbocycles. The Bertz CT molecular complexity index is 236. The number of aliphatic carboxylic acids is 2. The molecular formula is C10H16O4S. The topological polar surface area (TPSA) is 74.6 Å². The zero-order valence-electron chi connectivity index (χ0n) is 8.52. The second-order valence-electron chi connectivity index (χ2n) is 3.82. The third kappa shape index (κ3) is 4.55. The van der Waals surface area contributed by atoms with Crippen LogP contribution in [0.4, 0.5) is 0 Å². The quantitative estimate of drug-likeness (QED) is 0.758. The molecule has 0 radical (unpaired) electrons. The molecule has 5 heteroatoms. The van der Waals surface area contributed by atoms with Crippen molar-refractivity contribution in [1.29, 1.82) is 0 Å². The molecule has 1 aliphatic rings. The molecule has 0 amide bonds. The largest absolute Gasteiger partial charge is 0.481 e. The number of thioether (sulfide) groups is 1. The molecule has 0 aromatic heterocycles. The van der Waals surface area contributed by atoms with Crippen molar-refractivity contribution in [3.05, 3.63) is 0 Å². The minimum Gasteiger partial charge on any atom is -0.481 e. The molecule has 0 bridgehead atoms. The van der Waals surface area contributed by atoms with E-state index >= 15 is 0 Å². The summed E-state index contributed by atoms with van der Waals surface area (Å²) < 4.78 is 0. The first-order chi connectivity index (χ1) is 7.09. The molecular weight excluding hydrogens is 216 g/mol. The molecule has 86 valence electrons. The second-order valence-corrected chi connectivity index (χ2v) is 5.33. The Balaban J connectivity index is 2.42. The van der Waals surface area contributed by atoms with Crippen LogP contribution < -0.4 is 0 Å². The van der Waals surface area contributed by atoms with Gasteiger partial charge in [-0.2, -0.15) is 0 Å². The van der Waals surface area contributed by atoms with E-state index in [-0.39, 0.29) is 6.42 Å². The number of carbonyl (C=O) groups is 2. The van der Waals surface area contributed by atoms with Crippen LogP contribution in [0.2, 0.25) is 0 Å². The van der Waals surface area contributed by atoms with Crippen molar-refractivity contribution in [3.8, 4) is 0 Å². The first-order valence-electron chi connectivity index (χ1n) is 5.19. The van der Waals surface area contributed by atoms with Crippen LogP contribution in [0, 0.1) is 0 Å². The highest BCUT2D eigenvalue weighted by molar-refractivity contribution is 8.01. The van der Waals surface area contributed by atoms with Gasteiger partial charge in [0.2, 0.25) is 0 Å². The highest BCUT2D eigenvalue weighted by atomic mass is 32.2. The SMILES string of the molecule is O=C(O)C[C@@H](SC1CCCCC1)C(=O)O. The summed E-state index contributed by atoms with van der Waals surface area (Å²) in [6.45, 7) is 0. The summed E-state index contributed by atoms with van der Waals surface area (Å²) in [6, 6.07) is 0. The number of hydrogen-bond donors (Lipinski definition) is 2. The van der Waals surface area contributed by atoms with E-state index in [1.165, 1.54) is 18.2 Å². The fourth-order valence-corrected chi connectivity index (χ4v) is 3.21. The van der Waals surface area contributed by atoms with Crippen LogP contribution in [0.5, 0.6) is 0 Å². The van der Waals surface area contributed by atoms with E-state index in [1.54, 1.807) is 0 Å². The maximum Gasteiger partial charge on any atom is 0.317 e. The highest BCUT2D eigenvalue weighted by Gasteiger charge is 2.26. The van der Waals surface area contributed by atoms with Gasteiger partial charge in [-0.25, -0.2) is 0 Å². The van der Waals surface area contributed by atoms with Crippen molar-refractivity contribution < 1.29 is 19.8 Å². The molecule has 0 unspecified atom stereocenters. The van der Waals surface area contributed by atoms with Gasteiger partial charge in [0.1, 0.15) is 5.25 Å². The van der Waals surface area contributed by atoms with Gasteiger partial charge in [-0.05, 0) is 12.8 Å². The van der Waals surface area contributed by atoms with Gasteiger partial charge in [0.05, 0.1) is 6.42 Å². The molecule has 4 nitrogen and oxygen atoms in total. The molecule has 15 heavy (non-hydrogen) atoms. The lowest BCUT2D eigenvalue weighted by atomic mass is 10.0. The average Bonchev–Trinajstić information content (AvgIpc) is 2.17. The molecule has 1 fully saturated rings. The van der Waals surface area contributed by atoms with Crippen molar-refractivity contribution in [3.63, 3.8) is 0 Å². The van der Waals surface area contributed by atoms with Crippen molar-refractivity contribution in [2.75, 3.05) is 0 Å². The summed E-state index contributed by atoms with van der Waals surface area (Å²) in [5, 5.41) is 17.0. The first kappa shape index (κ1) is 12.4. The lowest BCUT2D eigenvalue weighted by Crippen LogP contribution is -2.24. The van der Waals surface area contributed by atoms with Crippen LogP contribution in [0.1, 0.15) is 38.5 Å². The Labute approximate surface area is 93.1 Å². The molecule has 0 spiro atoms. The fourth-order valence-electron chi connectivity index (χ4n) is 1.79. The second kappa shape index (κ2) is 6.00. The van der Waals surface area contributed by atoms with Crippen molar-refractivity contribution in [2.45, 2.75) is 49.0 Å². The van der Waals surface area contributed by atoms with E-state index < -0.39 is 17.2 Å². The van der Waals surface area contributed by atoms with Crippen molar-refractivity contribution in [1.82, 2.24) is 0 Å². The van der Waals surface area contributed by atoms with Crippen LogP contribution >= 0.6 is 11.8 Å². The third-order valence-electron chi connectivity index (χ3n) is 2.54. The number of carboxylic acid groups (broad SMARTS) is 2. The summed E-state index contributed by atoms with van der Waals surface area (Å²) in [7, 11) is 0. The zero-order chi connectivity index (χ0) is 11.3. The minimum absolute atomic E-state index is 0.281. The van der Waals surface area contributed by atoms with Crippen LogP contribution in [0.25, 0.3) is 0 Å². The summed E-state index contributed by atoms with van der Waals surface area (Å²) in [6.07, 6.45) is 5.25. The summed E-state index contributed by atoms with van der Waals surface area (Å²) in [5.41, 5.74) is 0. The highest BCUT2D eigenvalue weighted by Crippen LogP contribution is 2.32. The minimum atomic E-state index is -1.04. The van der Waals surface area contributed by atoms with E-state index in [4.69, 9.17) is 10.2 Å². The Morgan fingerprint density at radius 1 is 1.20 bits per heavy atom. The van der Waals surface area contributed by atoms with Gasteiger partial charge in [0.25, 0.3) is 0 Å². The lowest BCUT2D eigenvalue weighted by Gasteiger charge is -2.23. The lowest BCUT2D eigenvalue weighted by molar-refractivity contribution is -0.142. The molecule has 0 heterocycles. The van der Waals surface area contributed by atoms with E-state index in [9.17, 15) is 9.59 Å². The molecule has 0 saturated heterocycles. The molecule has 1 saturated carbocycles. The van der Waals surface area contributed by atoms with E-state index in [0.717, 1.165) is 25.7 Å². The predicted molar refractivity (Wildman–Crippen MR) is 58.1 cm³/mol. The summed E-state index contributed by atoms with van der Waals surface area (Å²) in [5.74, 6) is -2.04. The van der Waals surface area contributed by atoms with Crippen molar-refractivity contribution >= 4 is 23.7 Å². The van der Waals surface area contributed by atoms with Gasteiger partial charge in [-0.3, -0.25) is 9.59 Å². The Morgan fingerprint density at radius 2 is 1.80 bits per heavy atom. The van der Waals surface area contributed by atoms with Gasteiger partial charge < -0.3 is 10.2 Å². The normalized spacial score (nSPS) is 19.7. The van der Waals surface area contributed by atoms with Gasteiger partial charge in [0.15, 0.2) is 0 Å². The molecule has 1 atom stereocenters. The molecule has 0 aromatic rings. The monoisotopic (exact) mass is 232 g/mol. The predicted octanol–water partition coefficient (Wildman–Crippen LogP) is 1.98. The summed E-state index contributed by atoms with van der Waals surface area (Å²) >= 11 is 1.32. The third-order valence-corrected chi connectivity index (χ3v) is 4.10. The summed E-state index contributed by atoms with van der Waals surface area (Å²) in [4.78, 5) is 21.3. The average molecular weight is 232 g/mol. The zero-order valence-corrected chi connectivity index (χ0v) is 9.33. The van der Waals surface area contributed by atoms with Crippen LogP contribution in [0.3, 0.4) is 0 Å². The maximum atomic E-state index is 10.8. The Kier molecular flexibility index (Phi) is 4.94. The first-order valence-corrected chi connectivity index (χ1v) is 6.14. The van der Waals surface area contributed by atoms with Gasteiger partial charge in [-0.15, -0.1) is 11.8 Å². The Hall–Kier alpha value is -0.710. The van der Waals surface area contributed by atoms with Crippen LogP contribution in [-0.4, -0.2) is 32.7 Å². The van der Waals surface area contributed by atoms with Crippen molar-refractivity contribution in [2.24, 2.45) is 0 Å². The molecule has 1 rings (SSSR count). The van der Waals surface area contributed by atoms with Gasteiger partial charge in [-0.1, -0.05) is 19.3 Å². The van der Waals surface area contributed by atoms with E-state index in [1.807, 2.05) is 0 Å². The Morgan fingerprint density at radius 3 is 2.27 bits per heavy atom. The van der Waals surface area contributed by atoms with Gasteiger partial charge >= 0.3 is 11.9 Å².